The van der Waals surface area contributed by atoms with Gasteiger partial charge in [-0.15, -0.1) is 11.3 Å². The number of fused-ring (bicyclic) bond motifs is 7. The highest BCUT2D eigenvalue weighted by Crippen LogP contribution is 2.48. The number of benzene rings is 8. The first-order valence-electron chi connectivity index (χ1n) is 16.6. The van der Waals surface area contributed by atoms with E-state index >= 15 is 0 Å². The highest BCUT2D eigenvalue weighted by molar-refractivity contribution is 7.26. The Morgan fingerprint density at radius 1 is 0.408 bits per heavy atom. The topological polar surface area (TPSA) is 16.4 Å². The van der Waals surface area contributed by atoms with Crippen LogP contribution in [0.3, 0.4) is 0 Å². The minimum atomic E-state index is 0.873. The number of hydrogen-bond donors (Lipinski definition) is 0. The van der Waals surface area contributed by atoms with E-state index in [-0.39, 0.29) is 0 Å². The Morgan fingerprint density at radius 3 is 1.92 bits per heavy atom. The molecule has 2 aromatic heterocycles. The Balaban J connectivity index is 1.20. The van der Waals surface area contributed by atoms with Gasteiger partial charge in [-0.05, 0) is 63.9 Å². The third kappa shape index (κ3) is 4.55. The van der Waals surface area contributed by atoms with Crippen LogP contribution in [0.15, 0.2) is 180 Å². The minimum Gasteiger partial charge on any atom is -0.453 e. The smallest absolute Gasteiger partial charge is 0.159 e. The summed E-state index contributed by atoms with van der Waals surface area (Å²) < 4.78 is 9.49. The molecule has 0 unspecified atom stereocenters. The van der Waals surface area contributed by atoms with E-state index in [2.05, 4.69) is 181 Å². The fourth-order valence-electron chi connectivity index (χ4n) is 7.31. The maximum Gasteiger partial charge on any atom is 0.159 e. The number of rotatable bonds is 5. The molecule has 0 aliphatic rings. The normalized spacial score (nSPS) is 11.7. The number of furan rings is 1. The van der Waals surface area contributed by atoms with E-state index in [1.54, 1.807) is 0 Å². The van der Waals surface area contributed by atoms with Gasteiger partial charge in [0.05, 0.1) is 16.1 Å². The first-order valence-corrected chi connectivity index (χ1v) is 17.4. The summed E-state index contributed by atoms with van der Waals surface area (Å²) in [6, 6.07) is 63.1. The van der Waals surface area contributed by atoms with Gasteiger partial charge in [0.2, 0.25) is 0 Å². The van der Waals surface area contributed by atoms with Crippen molar-refractivity contribution in [3.8, 4) is 22.3 Å². The fourth-order valence-corrected chi connectivity index (χ4v) is 8.52. The Morgan fingerprint density at radius 2 is 1.06 bits per heavy atom. The number of para-hydroxylation sites is 2. The van der Waals surface area contributed by atoms with Gasteiger partial charge in [-0.1, -0.05) is 140 Å². The van der Waals surface area contributed by atoms with Crippen LogP contribution >= 0.6 is 11.3 Å². The minimum absolute atomic E-state index is 0.873. The second-order valence-corrected chi connectivity index (χ2v) is 13.6. The molecule has 0 aliphatic heterocycles. The lowest BCUT2D eigenvalue weighted by molar-refractivity contribution is 0.670. The van der Waals surface area contributed by atoms with Crippen LogP contribution in [-0.2, 0) is 0 Å². The molecule has 49 heavy (non-hydrogen) atoms. The average Bonchev–Trinajstić information content (AvgIpc) is 3.75. The molecule has 230 valence electrons. The Bertz CT molecular complexity index is 2830. The summed E-state index contributed by atoms with van der Waals surface area (Å²) in [7, 11) is 0. The van der Waals surface area contributed by atoms with Crippen LogP contribution in [0.4, 0.5) is 17.1 Å². The number of nitrogens with zero attached hydrogens (tertiary/aromatic N) is 1. The van der Waals surface area contributed by atoms with Gasteiger partial charge in [0.1, 0.15) is 5.58 Å². The standard InChI is InChI=1S/C46H29NOS/c1-2-12-32(13-3-1)36-16-8-17-38-39-18-9-20-41(45(39)48-44(36)38)47(42-21-10-19-40-37-15-6-7-22-43(37)49-46(40)42)35-27-25-31(26-28-35)34-24-23-30-11-4-5-14-33(30)29-34/h1-29H. The van der Waals surface area contributed by atoms with Crippen molar-refractivity contribution in [3.63, 3.8) is 0 Å². The monoisotopic (exact) mass is 643 g/mol. The highest BCUT2D eigenvalue weighted by atomic mass is 32.1. The summed E-state index contributed by atoms with van der Waals surface area (Å²) in [4.78, 5) is 2.38. The number of thiophene rings is 1. The molecule has 0 radical (unpaired) electrons. The van der Waals surface area contributed by atoms with Crippen molar-refractivity contribution in [2.45, 2.75) is 0 Å². The van der Waals surface area contributed by atoms with Crippen molar-refractivity contribution >= 4 is 81.3 Å². The van der Waals surface area contributed by atoms with Crippen molar-refractivity contribution in [1.29, 1.82) is 0 Å². The van der Waals surface area contributed by atoms with E-state index < -0.39 is 0 Å². The van der Waals surface area contributed by atoms with Crippen LogP contribution in [0.2, 0.25) is 0 Å². The van der Waals surface area contributed by atoms with Crippen molar-refractivity contribution < 1.29 is 4.42 Å². The molecule has 0 atom stereocenters. The van der Waals surface area contributed by atoms with Gasteiger partial charge in [0.15, 0.2) is 5.58 Å². The zero-order chi connectivity index (χ0) is 32.3. The van der Waals surface area contributed by atoms with E-state index in [0.717, 1.165) is 50.1 Å². The lowest BCUT2D eigenvalue weighted by atomic mass is 10.0. The quantitative estimate of drug-likeness (QED) is 0.186. The lowest BCUT2D eigenvalue weighted by Crippen LogP contribution is -2.10. The van der Waals surface area contributed by atoms with Crippen molar-refractivity contribution in [2.75, 3.05) is 4.90 Å². The molecule has 0 N–H and O–H groups in total. The van der Waals surface area contributed by atoms with Gasteiger partial charge in [-0.2, -0.15) is 0 Å². The molecule has 10 aromatic rings. The molecule has 0 bridgehead atoms. The predicted octanol–water partition coefficient (Wildman–Crippen LogP) is 13.9. The fraction of sp³-hybridized carbons (Fsp3) is 0. The predicted molar refractivity (Wildman–Crippen MR) is 210 cm³/mol. The first-order chi connectivity index (χ1) is 24.3. The molecule has 0 amide bonds. The van der Waals surface area contributed by atoms with E-state index in [1.165, 1.54) is 42.1 Å². The van der Waals surface area contributed by atoms with E-state index in [9.17, 15) is 0 Å². The largest absolute Gasteiger partial charge is 0.453 e. The van der Waals surface area contributed by atoms with E-state index in [1.807, 2.05) is 11.3 Å². The second kappa shape index (κ2) is 11.2. The van der Waals surface area contributed by atoms with Crippen LogP contribution in [0.1, 0.15) is 0 Å². The molecule has 0 saturated carbocycles. The van der Waals surface area contributed by atoms with Gasteiger partial charge >= 0.3 is 0 Å². The van der Waals surface area contributed by atoms with Gasteiger partial charge in [-0.3, -0.25) is 0 Å². The molecular formula is C46H29NOS. The van der Waals surface area contributed by atoms with Gasteiger partial charge in [-0.25, -0.2) is 0 Å². The molecular weight excluding hydrogens is 615 g/mol. The molecule has 2 nitrogen and oxygen atoms in total. The van der Waals surface area contributed by atoms with Gasteiger partial charge in [0.25, 0.3) is 0 Å². The van der Waals surface area contributed by atoms with Gasteiger partial charge < -0.3 is 9.32 Å². The summed E-state index contributed by atoms with van der Waals surface area (Å²) >= 11 is 1.84. The maximum absolute atomic E-state index is 6.96. The summed E-state index contributed by atoms with van der Waals surface area (Å²) in [5.74, 6) is 0. The lowest BCUT2D eigenvalue weighted by Gasteiger charge is -2.26. The summed E-state index contributed by atoms with van der Waals surface area (Å²) in [6.07, 6.45) is 0. The third-order valence-corrected chi connectivity index (χ3v) is 10.9. The summed E-state index contributed by atoms with van der Waals surface area (Å²) in [5, 5.41) is 7.26. The second-order valence-electron chi connectivity index (χ2n) is 12.5. The van der Waals surface area contributed by atoms with Crippen LogP contribution in [0.25, 0.3) is 75.1 Å². The van der Waals surface area contributed by atoms with Crippen molar-refractivity contribution in [2.24, 2.45) is 0 Å². The van der Waals surface area contributed by atoms with E-state index in [4.69, 9.17) is 4.42 Å². The Labute approximate surface area is 287 Å². The summed E-state index contributed by atoms with van der Waals surface area (Å²) in [6.45, 7) is 0. The first kappa shape index (κ1) is 27.9. The van der Waals surface area contributed by atoms with E-state index in [0.29, 0.717) is 0 Å². The van der Waals surface area contributed by atoms with Crippen LogP contribution < -0.4 is 4.90 Å². The molecule has 2 heterocycles. The van der Waals surface area contributed by atoms with Gasteiger partial charge in [0, 0.05) is 37.5 Å². The zero-order valence-corrected chi connectivity index (χ0v) is 27.3. The maximum atomic E-state index is 6.96. The Kier molecular flexibility index (Phi) is 6.39. The molecule has 0 spiro atoms. The molecule has 8 aromatic carbocycles. The Hall–Kier alpha value is -6.16. The molecule has 3 heteroatoms. The number of hydrogen-bond acceptors (Lipinski definition) is 3. The number of anilines is 3. The SMILES string of the molecule is c1ccc(-c2cccc3c2oc2c(N(c4ccc(-c5ccc6ccccc6c5)cc4)c4cccc5c4sc4ccccc45)cccc23)cc1. The van der Waals surface area contributed by atoms with Crippen LogP contribution in [-0.4, -0.2) is 0 Å². The molecule has 10 rings (SSSR count). The summed E-state index contributed by atoms with van der Waals surface area (Å²) in [5.41, 5.74) is 9.62. The van der Waals surface area contributed by atoms with Crippen molar-refractivity contribution in [1.82, 2.24) is 0 Å². The van der Waals surface area contributed by atoms with Crippen molar-refractivity contribution in [3.05, 3.63) is 176 Å². The third-order valence-electron chi connectivity index (χ3n) is 9.66. The van der Waals surface area contributed by atoms with Crippen LogP contribution in [0, 0.1) is 0 Å². The average molecular weight is 644 g/mol. The highest BCUT2D eigenvalue weighted by Gasteiger charge is 2.23. The van der Waals surface area contributed by atoms with Crippen LogP contribution in [0.5, 0.6) is 0 Å². The molecule has 0 aliphatic carbocycles. The zero-order valence-electron chi connectivity index (χ0n) is 26.5. The molecule has 0 saturated heterocycles. The molecule has 0 fully saturated rings.